The van der Waals surface area contributed by atoms with E-state index in [0.717, 1.165) is 29.6 Å². The molecule has 1 aliphatic heterocycles. The first-order chi connectivity index (χ1) is 15.5. The number of amides is 1. The van der Waals surface area contributed by atoms with Crippen LogP contribution in [0.3, 0.4) is 0 Å². The minimum atomic E-state index is -0.823. The Kier molecular flexibility index (Phi) is 5.00. The van der Waals surface area contributed by atoms with Crippen molar-refractivity contribution in [1.29, 1.82) is 0 Å². The number of carboxylic acid groups (broad SMARTS) is 1. The van der Waals surface area contributed by atoms with Crippen molar-refractivity contribution in [3.63, 3.8) is 0 Å². The number of H-pyrrole nitrogens is 1. The number of rotatable bonds is 4. The molecule has 32 heavy (non-hydrogen) atoms. The molecule has 1 amide bonds. The number of fused-ring (bicyclic) bond motifs is 2. The second-order valence-corrected chi connectivity index (χ2v) is 8.74. The lowest BCUT2D eigenvalue weighted by atomic mass is 9.87. The highest BCUT2D eigenvalue weighted by atomic mass is 16.5. The van der Waals surface area contributed by atoms with Crippen molar-refractivity contribution in [3.8, 4) is 17.0 Å². The number of piperidine rings is 1. The van der Waals surface area contributed by atoms with Crippen molar-refractivity contribution >= 4 is 22.6 Å². The number of pyridine rings is 1. The number of hydrogen-bond donors (Lipinski definition) is 2. The summed E-state index contributed by atoms with van der Waals surface area (Å²) >= 11 is 0. The third-order valence-electron chi connectivity index (χ3n) is 6.53. The molecule has 1 aromatic carbocycles. The van der Waals surface area contributed by atoms with E-state index in [1.807, 2.05) is 12.3 Å². The van der Waals surface area contributed by atoms with Gasteiger partial charge >= 0.3 is 6.09 Å². The normalized spacial score (nSPS) is 15.2. The number of aromatic amines is 1. The molecule has 0 unspecified atom stereocenters. The van der Waals surface area contributed by atoms with Crippen LogP contribution in [-0.2, 0) is 0 Å². The van der Waals surface area contributed by atoms with E-state index in [-0.39, 0.29) is 0 Å². The van der Waals surface area contributed by atoms with Crippen LogP contribution < -0.4 is 4.74 Å². The SMILES string of the molecule is COc1cc(-c2[nH]c3ccc(C4CCN(C(=O)O)CC4)cc3c2C(C)C)cn2ncnc12. The summed E-state index contributed by atoms with van der Waals surface area (Å²) in [5.41, 5.74) is 6.37. The molecular weight excluding hydrogens is 406 g/mol. The van der Waals surface area contributed by atoms with Crippen LogP contribution in [0.1, 0.15) is 49.7 Å². The molecule has 1 aliphatic rings. The molecule has 0 aliphatic carbocycles. The van der Waals surface area contributed by atoms with Crippen LogP contribution >= 0.6 is 0 Å². The average molecular weight is 434 g/mol. The van der Waals surface area contributed by atoms with E-state index in [4.69, 9.17) is 4.74 Å². The summed E-state index contributed by atoms with van der Waals surface area (Å²) in [6, 6.07) is 8.62. The second kappa shape index (κ2) is 7.85. The Bertz CT molecular complexity index is 1300. The van der Waals surface area contributed by atoms with E-state index in [1.54, 1.807) is 11.6 Å². The highest BCUT2D eigenvalue weighted by Crippen LogP contribution is 2.39. The zero-order valence-electron chi connectivity index (χ0n) is 18.5. The molecule has 5 rings (SSSR count). The third kappa shape index (κ3) is 3.36. The molecule has 0 radical (unpaired) electrons. The Balaban J connectivity index is 1.58. The van der Waals surface area contributed by atoms with Crippen molar-refractivity contribution < 1.29 is 14.6 Å². The first-order valence-corrected chi connectivity index (χ1v) is 11.0. The molecule has 0 bridgehead atoms. The number of nitrogens with zero attached hydrogens (tertiary/aromatic N) is 4. The van der Waals surface area contributed by atoms with Gasteiger partial charge in [-0.1, -0.05) is 19.9 Å². The van der Waals surface area contributed by atoms with E-state index in [1.165, 1.54) is 27.7 Å². The highest BCUT2D eigenvalue weighted by molar-refractivity contribution is 5.92. The molecule has 8 heteroatoms. The second-order valence-electron chi connectivity index (χ2n) is 8.74. The molecule has 0 atom stereocenters. The van der Waals surface area contributed by atoms with Gasteiger partial charge in [0.1, 0.15) is 6.33 Å². The van der Waals surface area contributed by atoms with Gasteiger partial charge in [0.2, 0.25) is 0 Å². The Morgan fingerprint density at radius 2 is 2.03 bits per heavy atom. The summed E-state index contributed by atoms with van der Waals surface area (Å²) in [6.07, 6.45) is 4.39. The van der Waals surface area contributed by atoms with E-state index < -0.39 is 6.09 Å². The first-order valence-electron chi connectivity index (χ1n) is 11.0. The van der Waals surface area contributed by atoms with Crippen LogP contribution in [-0.4, -0.2) is 55.9 Å². The van der Waals surface area contributed by atoms with Crippen LogP contribution in [0, 0.1) is 0 Å². The molecule has 2 N–H and O–H groups in total. The minimum Gasteiger partial charge on any atom is -0.493 e. The zero-order valence-corrected chi connectivity index (χ0v) is 18.5. The number of hydrogen-bond acceptors (Lipinski definition) is 4. The summed E-state index contributed by atoms with van der Waals surface area (Å²) in [5, 5.41) is 14.8. The monoisotopic (exact) mass is 433 g/mol. The topological polar surface area (TPSA) is 95.8 Å². The molecule has 1 fully saturated rings. The molecule has 3 aromatic heterocycles. The maximum atomic E-state index is 11.2. The number of likely N-dealkylation sites (tertiary alicyclic amines) is 1. The lowest BCUT2D eigenvalue weighted by molar-refractivity contribution is 0.132. The van der Waals surface area contributed by atoms with Gasteiger partial charge in [-0.05, 0) is 54.0 Å². The molecule has 1 saturated heterocycles. The molecule has 8 nitrogen and oxygen atoms in total. The first kappa shape index (κ1) is 20.4. The summed E-state index contributed by atoms with van der Waals surface area (Å²) in [5.74, 6) is 1.36. The van der Waals surface area contributed by atoms with Gasteiger partial charge in [-0.25, -0.2) is 14.3 Å². The summed E-state index contributed by atoms with van der Waals surface area (Å²) in [6.45, 7) is 5.58. The van der Waals surface area contributed by atoms with Gasteiger partial charge in [-0.2, -0.15) is 5.10 Å². The van der Waals surface area contributed by atoms with Crippen molar-refractivity contribution in [2.24, 2.45) is 0 Å². The Labute approximate surface area is 185 Å². The van der Waals surface area contributed by atoms with Crippen molar-refractivity contribution in [3.05, 3.63) is 47.9 Å². The van der Waals surface area contributed by atoms with E-state index >= 15 is 0 Å². The van der Waals surface area contributed by atoms with E-state index in [0.29, 0.717) is 36.3 Å². The van der Waals surface area contributed by atoms with Crippen molar-refractivity contribution in [2.45, 2.75) is 38.5 Å². The largest absolute Gasteiger partial charge is 0.493 e. The molecule has 166 valence electrons. The van der Waals surface area contributed by atoms with Gasteiger partial charge in [-0.15, -0.1) is 0 Å². The number of nitrogens with one attached hydrogen (secondary N) is 1. The fourth-order valence-electron chi connectivity index (χ4n) is 4.90. The number of benzene rings is 1. The molecular formula is C24H27N5O3. The molecule has 4 aromatic rings. The van der Waals surface area contributed by atoms with E-state index in [2.05, 4.69) is 47.1 Å². The summed E-state index contributed by atoms with van der Waals surface area (Å²) in [7, 11) is 1.64. The summed E-state index contributed by atoms with van der Waals surface area (Å²) in [4.78, 5) is 20.7. The zero-order chi connectivity index (χ0) is 22.4. The quantitative estimate of drug-likeness (QED) is 0.479. The maximum absolute atomic E-state index is 11.2. The van der Waals surface area contributed by atoms with Gasteiger partial charge in [0, 0.05) is 35.8 Å². The van der Waals surface area contributed by atoms with Crippen LogP contribution in [0.5, 0.6) is 5.75 Å². The lowest BCUT2D eigenvalue weighted by Crippen LogP contribution is -2.36. The van der Waals surface area contributed by atoms with Crippen molar-refractivity contribution in [2.75, 3.05) is 20.2 Å². The fraction of sp³-hybridized carbons (Fsp3) is 0.375. The summed E-state index contributed by atoms with van der Waals surface area (Å²) < 4.78 is 7.30. The third-order valence-corrected chi connectivity index (χ3v) is 6.53. The fourth-order valence-corrected chi connectivity index (χ4v) is 4.90. The number of aromatic nitrogens is 4. The predicted molar refractivity (Wildman–Crippen MR) is 122 cm³/mol. The van der Waals surface area contributed by atoms with Gasteiger partial charge in [0.15, 0.2) is 11.4 Å². The Hall–Kier alpha value is -3.55. The Morgan fingerprint density at radius 3 is 2.72 bits per heavy atom. The minimum absolute atomic E-state index is 0.306. The van der Waals surface area contributed by atoms with Gasteiger partial charge in [-0.3, -0.25) is 0 Å². The Morgan fingerprint density at radius 1 is 1.25 bits per heavy atom. The average Bonchev–Trinajstić information content (AvgIpc) is 3.42. The smallest absolute Gasteiger partial charge is 0.407 e. The van der Waals surface area contributed by atoms with Gasteiger partial charge < -0.3 is 19.7 Å². The van der Waals surface area contributed by atoms with E-state index in [9.17, 15) is 9.90 Å². The van der Waals surface area contributed by atoms with Crippen LogP contribution in [0.4, 0.5) is 4.79 Å². The van der Waals surface area contributed by atoms with Crippen LogP contribution in [0.25, 0.3) is 27.8 Å². The molecule has 0 saturated carbocycles. The van der Waals surface area contributed by atoms with Gasteiger partial charge in [0.05, 0.1) is 12.8 Å². The van der Waals surface area contributed by atoms with Crippen LogP contribution in [0.15, 0.2) is 36.8 Å². The number of carbonyl (C=O) groups is 1. The van der Waals surface area contributed by atoms with Gasteiger partial charge in [0.25, 0.3) is 0 Å². The lowest BCUT2D eigenvalue weighted by Gasteiger charge is -2.30. The maximum Gasteiger partial charge on any atom is 0.407 e. The van der Waals surface area contributed by atoms with Crippen molar-refractivity contribution in [1.82, 2.24) is 24.5 Å². The highest BCUT2D eigenvalue weighted by Gasteiger charge is 2.25. The molecule has 4 heterocycles. The number of ether oxygens (including phenoxy) is 1. The molecule has 0 spiro atoms. The predicted octanol–water partition coefficient (Wildman–Crippen LogP) is 4.87. The standard InChI is InChI=1S/C24H27N5O3/c1-14(2)21-18-10-16(15-6-8-28(9-7-15)24(30)31)4-5-19(18)27-22(21)17-11-20(32-3)23-25-13-26-29(23)12-17/h4-5,10-15,27H,6-9H2,1-3H3,(H,30,31). The number of methoxy groups -OCH3 is 1. The van der Waals surface area contributed by atoms with Crippen LogP contribution in [0.2, 0.25) is 0 Å².